The van der Waals surface area contributed by atoms with E-state index in [4.69, 9.17) is 5.26 Å². The molecular weight excluding hydrogens is 230 g/mol. The van der Waals surface area contributed by atoms with E-state index in [2.05, 4.69) is 15.0 Å². The van der Waals surface area contributed by atoms with E-state index in [1.807, 2.05) is 6.07 Å². The molecule has 0 saturated heterocycles. The Balaban J connectivity index is 2.40. The molecule has 1 rings (SSSR count). The molecule has 1 N–H and O–H groups in total. The SMILES string of the molecule is COC(=O)CCC(=O)Nc1ncc(C#N)s1. The van der Waals surface area contributed by atoms with Gasteiger partial charge in [0.15, 0.2) is 5.13 Å². The van der Waals surface area contributed by atoms with E-state index in [1.165, 1.54) is 13.3 Å². The first kappa shape index (κ1) is 12.1. The first-order chi connectivity index (χ1) is 7.65. The maximum Gasteiger partial charge on any atom is 0.306 e. The van der Waals surface area contributed by atoms with Crippen molar-refractivity contribution in [2.75, 3.05) is 12.4 Å². The molecule has 0 radical (unpaired) electrons. The normalized spacial score (nSPS) is 9.25. The van der Waals surface area contributed by atoms with Gasteiger partial charge in [-0.15, -0.1) is 0 Å². The van der Waals surface area contributed by atoms with Crippen molar-refractivity contribution in [3.05, 3.63) is 11.1 Å². The van der Waals surface area contributed by atoms with Crippen LogP contribution in [0, 0.1) is 11.3 Å². The van der Waals surface area contributed by atoms with Gasteiger partial charge in [0.2, 0.25) is 5.91 Å². The maximum absolute atomic E-state index is 11.3. The van der Waals surface area contributed by atoms with Crippen LogP contribution in [0.4, 0.5) is 5.13 Å². The third kappa shape index (κ3) is 3.67. The molecule has 0 aliphatic carbocycles. The smallest absolute Gasteiger partial charge is 0.306 e. The monoisotopic (exact) mass is 239 g/mol. The lowest BCUT2D eigenvalue weighted by atomic mass is 10.3. The summed E-state index contributed by atoms with van der Waals surface area (Å²) in [6.07, 6.45) is 1.44. The van der Waals surface area contributed by atoms with Crippen molar-refractivity contribution in [3.63, 3.8) is 0 Å². The molecule has 0 fully saturated rings. The molecule has 1 aromatic heterocycles. The van der Waals surface area contributed by atoms with Gasteiger partial charge in [-0.25, -0.2) is 4.98 Å². The number of anilines is 1. The molecule has 0 saturated carbocycles. The van der Waals surface area contributed by atoms with Crippen LogP contribution in [0.2, 0.25) is 0 Å². The van der Waals surface area contributed by atoms with E-state index in [1.54, 1.807) is 0 Å². The number of nitrogens with one attached hydrogen (secondary N) is 1. The maximum atomic E-state index is 11.3. The Morgan fingerprint density at radius 3 is 2.94 bits per heavy atom. The highest BCUT2D eigenvalue weighted by Crippen LogP contribution is 2.16. The molecule has 1 heterocycles. The summed E-state index contributed by atoms with van der Waals surface area (Å²) in [4.78, 5) is 26.3. The minimum absolute atomic E-state index is 0.0266. The molecule has 0 aliphatic heterocycles. The van der Waals surface area contributed by atoms with Crippen molar-refractivity contribution in [2.24, 2.45) is 0 Å². The van der Waals surface area contributed by atoms with Crippen LogP contribution in [0.1, 0.15) is 17.7 Å². The number of thiazole rings is 1. The van der Waals surface area contributed by atoms with Gasteiger partial charge < -0.3 is 10.1 Å². The average molecular weight is 239 g/mol. The van der Waals surface area contributed by atoms with Crippen molar-refractivity contribution >= 4 is 28.3 Å². The predicted octanol–water partition coefficient (Wildman–Crippen LogP) is 0.906. The number of esters is 1. The summed E-state index contributed by atoms with van der Waals surface area (Å²) in [6.45, 7) is 0. The fourth-order valence-corrected chi connectivity index (χ4v) is 1.51. The molecule has 0 spiro atoms. The topological polar surface area (TPSA) is 92.1 Å². The summed E-state index contributed by atoms with van der Waals surface area (Å²) in [7, 11) is 1.26. The molecule has 1 aromatic rings. The van der Waals surface area contributed by atoms with E-state index in [0.717, 1.165) is 11.3 Å². The Bertz CT molecular complexity index is 435. The van der Waals surface area contributed by atoms with Gasteiger partial charge in [0.1, 0.15) is 10.9 Å². The van der Waals surface area contributed by atoms with Gasteiger partial charge in [0.25, 0.3) is 0 Å². The summed E-state index contributed by atoms with van der Waals surface area (Å²) >= 11 is 1.08. The fourth-order valence-electron chi connectivity index (χ4n) is 0.883. The Labute approximate surface area is 95.9 Å². The van der Waals surface area contributed by atoms with Gasteiger partial charge in [0, 0.05) is 6.42 Å². The van der Waals surface area contributed by atoms with Crippen molar-refractivity contribution < 1.29 is 14.3 Å². The van der Waals surface area contributed by atoms with E-state index in [0.29, 0.717) is 10.0 Å². The molecule has 1 amide bonds. The molecule has 84 valence electrons. The standard InChI is InChI=1S/C9H9N3O3S/c1-15-8(14)3-2-7(13)12-9-11-5-6(4-10)16-9/h5H,2-3H2,1H3,(H,11,12,13). The lowest BCUT2D eigenvalue weighted by Gasteiger charge is -2.00. The number of nitrogens with zero attached hydrogens (tertiary/aromatic N) is 2. The quantitative estimate of drug-likeness (QED) is 0.788. The summed E-state index contributed by atoms with van der Waals surface area (Å²) in [5.41, 5.74) is 0. The number of aromatic nitrogens is 1. The van der Waals surface area contributed by atoms with E-state index in [9.17, 15) is 9.59 Å². The molecule has 0 aromatic carbocycles. The fraction of sp³-hybridized carbons (Fsp3) is 0.333. The zero-order valence-electron chi connectivity index (χ0n) is 8.52. The number of hydrogen-bond acceptors (Lipinski definition) is 6. The largest absolute Gasteiger partial charge is 0.469 e. The number of carbonyl (C=O) groups is 2. The molecule has 0 aliphatic rings. The highest BCUT2D eigenvalue weighted by atomic mass is 32.1. The van der Waals surface area contributed by atoms with Crippen LogP contribution >= 0.6 is 11.3 Å². The van der Waals surface area contributed by atoms with Gasteiger partial charge in [-0.2, -0.15) is 5.26 Å². The number of nitriles is 1. The Kier molecular flexibility index (Phi) is 4.42. The number of ether oxygens (including phenoxy) is 1. The Morgan fingerprint density at radius 1 is 1.62 bits per heavy atom. The Morgan fingerprint density at radius 2 is 2.38 bits per heavy atom. The van der Waals surface area contributed by atoms with Crippen LogP contribution in [-0.2, 0) is 14.3 Å². The molecule has 0 atom stereocenters. The number of amides is 1. The summed E-state index contributed by atoms with van der Waals surface area (Å²) < 4.78 is 4.40. The number of rotatable bonds is 4. The molecule has 0 unspecified atom stereocenters. The first-order valence-corrected chi connectivity index (χ1v) is 5.20. The lowest BCUT2D eigenvalue weighted by Crippen LogP contribution is -2.13. The van der Waals surface area contributed by atoms with E-state index in [-0.39, 0.29) is 18.7 Å². The summed E-state index contributed by atoms with van der Waals surface area (Å²) in [6, 6.07) is 1.91. The highest BCUT2D eigenvalue weighted by molar-refractivity contribution is 7.16. The van der Waals surface area contributed by atoms with Gasteiger partial charge in [-0.3, -0.25) is 9.59 Å². The number of methoxy groups -OCH3 is 1. The average Bonchev–Trinajstić information content (AvgIpc) is 2.73. The third-order valence-electron chi connectivity index (χ3n) is 1.65. The summed E-state index contributed by atoms with van der Waals surface area (Å²) in [5, 5.41) is 11.4. The first-order valence-electron chi connectivity index (χ1n) is 4.38. The minimum Gasteiger partial charge on any atom is -0.469 e. The van der Waals surface area contributed by atoms with Crippen molar-refractivity contribution in [1.82, 2.24) is 4.98 Å². The second kappa shape index (κ2) is 5.82. The van der Waals surface area contributed by atoms with Crippen molar-refractivity contribution in [2.45, 2.75) is 12.8 Å². The van der Waals surface area contributed by atoms with Crippen LogP contribution in [0.5, 0.6) is 0 Å². The second-order valence-electron chi connectivity index (χ2n) is 2.77. The van der Waals surface area contributed by atoms with Crippen molar-refractivity contribution in [3.8, 4) is 6.07 Å². The van der Waals surface area contributed by atoms with E-state index >= 15 is 0 Å². The van der Waals surface area contributed by atoms with Gasteiger partial charge in [0.05, 0.1) is 19.7 Å². The van der Waals surface area contributed by atoms with Crippen molar-refractivity contribution in [1.29, 1.82) is 5.26 Å². The zero-order chi connectivity index (χ0) is 12.0. The molecule has 7 heteroatoms. The zero-order valence-corrected chi connectivity index (χ0v) is 9.34. The van der Waals surface area contributed by atoms with Crippen LogP contribution in [0.25, 0.3) is 0 Å². The Hall–Kier alpha value is -1.94. The van der Waals surface area contributed by atoms with Gasteiger partial charge in [-0.05, 0) is 0 Å². The third-order valence-corrected chi connectivity index (χ3v) is 2.46. The predicted molar refractivity (Wildman–Crippen MR) is 56.7 cm³/mol. The van der Waals surface area contributed by atoms with E-state index < -0.39 is 5.97 Å². The number of hydrogen-bond donors (Lipinski definition) is 1. The van der Waals surface area contributed by atoms with Crippen LogP contribution in [0.15, 0.2) is 6.20 Å². The highest BCUT2D eigenvalue weighted by Gasteiger charge is 2.09. The number of carbonyl (C=O) groups excluding carboxylic acids is 2. The van der Waals surface area contributed by atoms with Crippen LogP contribution in [0.3, 0.4) is 0 Å². The molecule has 6 nitrogen and oxygen atoms in total. The molecule has 16 heavy (non-hydrogen) atoms. The van der Waals surface area contributed by atoms with Crippen LogP contribution < -0.4 is 5.32 Å². The lowest BCUT2D eigenvalue weighted by molar-refractivity contribution is -0.141. The van der Waals surface area contributed by atoms with Gasteiger partial charge >= 0.3 is 5.97 Å². The van der Waals surface area contributed by atoms with Gasteiger partial charge in [-0.1, -0.05) is 11.3 Å². The molecular formula is C9H9N3O3S. The minimum atomic E-state index is -0.438. The molecule has 0 bridgehead atoms. The second-order valence-corrected chi connectivity index (χ2v) is 3.80. The summed E-state index contributed by atoms with van der Waals surface area (Å²) in [5.74, 6) is -0.767. The van der Waals surface area contributed by atoms with Crippen LogP contribution in [-0.4, -0.2) is 24.0 Å².